The van der Waals surface area contributed by atoms with Crippen LogP contribution in [0.25, 0.3) is 0 Å². The molecule has 3 aromatic rings. The van der Waals surface area contributed by atoms with Crippen LogP contribution >= 0.6 is 23.2 Å². The number of aromatic nitrogens is 1. The Morgan fingerprint density at radius 1 is 1.13 bits per heavy atom. The van der Waals surface area contributed by atoms with Crippen molar-refractivity contribution >= 4 is 50.5 Å². The number of carbonyl (C=O) groups excluding carboxylic acids is 1. The van der Waals surface area contributed by atoms with Gasteiger partial charge in [0.15, 0.2) is 0 Å². The number of nitrogens with one attached hydrogen (secondary N) is 2. The van der Waals surface area contributed by atoms with Gasteiger partial charge in [0.1, 0.15) is 16.2 Å². The average Bonchev–Trinajstić information content (AvgIpc) is 3.10. The summed E-state index contributed by atoms with van der Waals surface area (Å²) in [5.41, 5.74) is -2.27. The van der Waals surface area contributed by atoms with Gasteiger partial charge in [0.05, 0.1) is 22.5 Å². The van der Waals surface area contributed by atoms with Gasteiger partial charge in [0.25, 0.3) is 15.9 Å². The van der Waals surface area contributed by atoms with E-state index in [-0.39, 0.29) is 27.1 Å². The van der Waals surface area contributed by atoms with Crippen molar-refractivity contribution in [2.24, 2.45) is 0 Å². The number of aryl methyl sites for hydroxylation is 1. The molecule has 0 aliphatic rings. The van der Waals surface area contributed by atoms with Gasteiger partial charge in [-0.15, -0.1) is 0 Å². The minimum absolute atomic E-state index is 0.0305. The van der Waals surface area contributed by atoms with Gasteiger partial charge in [-0.25, -0.2) is 8.42 Å². The number of halogens is 5. The van der Waals surface area contributed by atoms with E-state index in [0.717, 1.165) is 24.4 Å². The van der Waals surface area contributed by atoms with Crippen molar-refractivity contribution in [2.45, 2.75) is 18.0 Å². The smallest absolute Gasteiger partial charge is 0.361 e. The number of rotatable bonds is 5. The molecule has 0 saturated carbocycles. The third kappa shape index (κ3) is 5.12. The fourth-order valence-electron chi connectivity index (χ4n) is 2.54. The number of hydrogen-bond donors (Lipinski definition) is 2. The van der Waals surface area contributed by atoms with Gasteiger partial charge in [-0.1, -0.05) is 28.4 Å². The molecule has 1 aromatic heterocycles. The van der Waals surface area contributed by atoms with Crippen molar-refractivity contribution in [3.8, 4) is 0 Å². The molecule has 2 N–H and O–H groups in total. The van der Waals surface area contributed by atoms with Crippen LogP contribution in [0, 0.1) is 6.92 Å². The topological polar surface area (TPSA) is 101 Å². The largest absolute Gasteiger partial charge is 0.418 e. The maximum Gasteiger partial charge on any atom is 0.418 e. The summed E-state index contributed by atoms with van der Waals surface area (Å²) in [5.74, 6) is -0.567. The molecule has 0 atom stereocenters. The average molecular weight is 494 g/mol. The van der Waals surface area contributed by atoms with Crippen molar-refractivity contribution in [1.82, 2.24) is 5.16 Å². The van der Waals surface area contributed by atoms with E-state index in [0.29, 0.717) is 6.07 Å². The Balaban J connectivity index is 1.96. The van der Waals surface area contributed by atoms with E-state index < -0.39 is 38.3 Å². The predicted octanol–water partition coefficient (Wildman–Crippen LogP) is 5.36. The molecule has 0 aliphatic carbocycles. The van der Waals surface area contributed by atoms with Crippen LogP contribution in [0.4, 0.5) is 24.5 Å². The van der Waals surface area contributed by atoms with E-state index >= 15 is 0 Å². The number of anilines is 2. The molecule has 3 rings (SSSR count). The first-order valence-electron chi connectivity index (χ1n) is 8.30. The van der Waals surface area contributed by atoms with Gasteiger partial charge in [-0.3, -0.25) is 9.52 Å². The fourth-order valence-corrected chi connectivity index (χ4v) is 4.39. The highest BCUT2D eigenvalue weighted by Gasteiger charge is 2.35. The number of carbonyl (C=O) groups is 1. The molecule has 0 bridgehead atoms. The second-order valence-electron chi connectivity index (χ2n) is 6.19. The maximum atomic E-state index is 13.6. The summed E-state index contributed by atoms with van der Waals surface area (Å²) in [7, 11) is -4.50. The molecule has 31 heavy (non-hydrogen) atoms. The van der Waals surface area contributed by atoms with Crippen molar-refractivity contribution in [2.75, 3.05) is 10.0 Å². The van der Waals surface area contributed by atoms with Gasteiger partial charge in [0, 0.05) is 10.7 Å². The molecule has 0 saturated heterocycles. The number of sulfonamides is 1. The first-order chi connectivity index (χ1) is 14.4. The summed E-state index contributed by atoms with van der Waals surface area (Å²) in [6.45, 7) is 1.46. The van der Waals surface area contributed by atoms with Crippen LogP contribution in [0.3, 0.4) is 0 Å². The monoisotopic (exact) mass is 493 g/mol. The number of benzene rings is 2. The van der Waals surface area contributed by atoms with Gasteiger partial charge < -0.3 is 9.84 Å². The summed E-state index contributed by atoms with van der Waals surface area (Å²) in [6, 6.07) is 6.11. The molecular weight excluding hydrogens is 482 g/mol. The Morgan fingerprint density at radius 2 is 1.84 bits per heavy atom. The highest BCUT2D eigenvalue weighted by Crippen LogP contribution is 2.38. The van der Waals surface area contributed by atoms with Crippen molar-refractivity contribution in [3.63, 3.8) is 0 Å². The van der Waals surface area contributed by atoms with Gasteiger partial charge in [-0.05, 0) is 43.3 Å². The lowest BCUT2D eigenvalue weighted by molar-refractivity contribution is -0.136. The van der Waals surface area contributed by atoms with Gasteiger partial charge >= 0.3 is 6.18 Å². The fraction of sp³-hybridized carbons (Fsp3) is 0.111. The van der Waals surface area contributed by atoms with Crippen LogP contribution in [0.2, 0.25) is 10.0 Å². The standard InChI is InChI=1S/C18H12Cl2F3N3O4S/c1-9-12(8-24-30-9)17(27)25-11-3-5-15(13(7-11)18(21,22)23)26-31(28,29)16-6-10(19)2-4-14(16)20/h2-8,26H,1H3,(H,25,27). The maximum absolute atomic E-state index is 13.6. The Hall–Kier alpha value is -2.76. The van der Waals surface area contributed by atoms with E-state index in [1.807, 2.05) is 4.72 Å². The van der Waals surface area contributed by atoms with E-state index in [9.17, 15) is 26.4 Å². The number of nitrogens with zero attached hydrogens (tertiary/aromatic N) is 1. The van der Waals surface area contributed by atoms with Crippen molar-refractivity contribution in [3.05, 3.63) is 69.5 Å². The molecular formula is C18H12Cl2F3N3O4S. The molecule has 0 aliphatic heterocycles. The molecule has 0 spiro atoms. The summed E-state index contributed by atoms with van der Waals surface area (Å²) in [4.78, 5) is 11.7. The number of alkyl halides is 3. The predicted molar refractivity (Wildman–Crippen MR) is 108 cm³/mol. The zero-order chi connectivity index (χ0) is 23.0. The van der Waals surface area contributed by atoms with E-state index in [1.54, 1.807) is 0 Å². The number of amides is 1. The highest BCUT2D eigenvalue weighted by molar-refractivity contribution is 7.92. The lowest BCUT2D eigenvalue weighted by Crippen LogP contribution is -2.18. The van der Waals surface area contributed by atoms with Crippen LogP contribution in [-0.4, -0.2) is 19.5 Å². The zero-order valence-electron chi connectivity index (χ0n) is 15.4. The van der Waals surface area contributed by atoms with Gasteiger partial charge in [-0.2, -0.15) is 13.2 Å². The molecule has 164 valence electrons. The molecule has 0 radical (unpaired) electrons. The molecule has 7 nitrogen and oxygen atoms in total. The summed E-state index contributed by atoms with van der Waals surface area (Å²) >= 11 is 11.6. The quantitative estimate of drug-likeness (QED) is 0.497. The van der Waals surface area contributed by atoms with Crippen molar-refractivity contribution < 1.29 is 30.9 Å². The second kappa shape index (κ2) is 8.40. The normalized spacial score (nSPS) is 11.9. The first-order valence-corrected chi connectivity index (χ1v) is 10.5. The molecule has 1 heterocycles. The summed E-state index contributed by atoms with van der Waals surface area (Å²) in [5, 5.41) is 5.51. The summed E-state index contributed by atoms with van der Waals surface area (Å²) < 4.78 is 72.6. The first kappa shape index (κ1) is 22.9. The third-order valence-electron chi connectivity index (χ3n) is 4.01. The van der Waals surface area contributed by atoms with Crippen LogP contribution in [0.1, 0.15) is 21.7 Å². The highest BCUT2D eigenvalue weighted by atomic mass is 35.5. The zero-order valence-corrected chi connectivity index (χ0v) is 17.7. The molecule has 0 fully saturated rings. The van der Waals surface area contributed by atoms with Gasteiger partial charge in [0.2, 0.25) is 0 Å². The Morgan fingerprint density at radius 3 is 2.45 bits per heavy atom. The Bertz CT molecular complexity index is 1260. The minimum atomic E-state index is -4.94. The molecule has 1 amide bonds. The molecule has 13 heteroatoms. The van der Waals surface area contributed by atoms with Crippen LogP contribution in [0.15, 0.2) is 52.0 Å². The van der Waals surface area contributed by atoms with E-state index in [2.05, 4.69) is 10.5 Å². The Kier molecular flexibility index (Phi) is 6.21. The SMILES string of the molecule is Cc1oncc1C(=O)Nc1ccc(NS(=O)(=O)c2cc(Cl)ccc2Cl)c(C(F)(F)F)c1. The Labute approximate surface area is 184 Å². The molecule has 0 unspecified atom stereocenters. The summed E-state index contributed by atoms with van der Waals surface area (Å²) in [6.07, 6.45) is -3.82. The number of hydrogen-bond acceptors (Lipinski definition) is 5. The van der Waals surface area contributed by atoms with E-state index in [4.69, 9.17) is 27.7 Å². The lowest BCUT2D eigenvalue weighted by atomic mass is 10.1. The van der Waals surface area contributed by atoms with Crippen molar-refractivity contribution in [1.29, 1.82) is 0 Å². The lowest BCUT2D eigenvalue weighted by Gasteiger charge is -2.17. The minimum Gasteiger partial charge on any atom is -0.361 e. The third-order valence-corrected chi connectivity index (χ3v) is 6.09. The second-order valence-corrected chi connectivity index (χ2v) is 8.68. The van der Waals surface area contributed by atoms with E-state index in [1.165, 1.54) is 19.1 Å². The molecule has 2 aromatic carbocycles. The van der Waals surface area contributed by atoms with Crippen LogP contribution in [0.5, 0.6) is 0 Å². The van der Waals surface area contributed by atoms with Crippen LogP contribution < -0.4 is 10.0 Å². The van der Waals surface area contributed by atoms with Crippen LogP contribution in [-0.2, 0) is 16.2 Å².